The van der Waals surface area contributed by atoms with Crippen molar-refractivity contribution in [1.29, 1.82) is 0 Å². The van der Waals surface area contributed by atoms with Gasteiger partial charge in [0.15, 0.2) is 0 Å². The molecule has 4 bridgehead atoms. The molecule has 0 aliphatic heterocycles. The van der Waals surface area contributed by atoms with Crippen LogP contribution in [0.3, 0.4) is 0 Å². The highest BCUT2D eigenvalue weighted by molar-refractivity contribution is 5.87. The topological polar surface area (TPSA) is 63.6 Å². The Morgan fingerprint density at radius 1 is 1.33 bits per heavy atom. The van der Waals surface area contributed by atoms with Gasteiger partial charge in [-0.2, -0.15) is 0 Å². The summed E-state index contributed by atoms with van der Waals surface area (Å²) >= 11 is 0. The average Bonchev–Trinajstić information content (AvgIpc) is 2.23. The van der Waals surface area contributed by atoms with Crippen LogP contribution in [0.1, 0.15) is 45.4 Å². The minimum atomic E-state index is -0.701. The summed E-state index contributed by atoms with van der Waals surface area (Å²) < 4.78 is 5.64. The van der Waals surface area contributed by atoms with E-state index in [0.717, 1.165) is 32.1 Å². The zero-order valence-electron chi connectivity index (χ0n) is 10.7. The molecule has 4 nitrogen and oxygen atoms in total. The molecule has 4 rings (SSSR count). The molecule has 100 valence electrons. The van der Waals surface area contributed by atoms with Gasteiger partial charge in [0.05, 0.1) is 5.60 Å². The lowest BCUT2D eigenvalue weighted by molar-refractivity contribution is -0.221. The lowest BCUT2D eigenvalue weighted by Crippen LogP contribution is -2.60. The minimum Gasteiger partial charge on any atom is -0.458 e. The quantitative estimate of drug-likeness (QED) is 0.469. The smallest absolute Gasteiger partial charge is 0.316 e. The molecule has 18 heavy (non-hydrogen) atoms. The average molecular weight is 252 g/mol. The van der Waals surface area contributed by atoms with Gasteiger partial charge in [-0.3, -0.25) is 4.79 Å². The fraction of sp³-hybridized carbons (Fsp3) is 0.857. The molecule has 4 aliphatic carbocycles. The van der Waals surface area contributed by atoms with Gasteiger partial charge in [-0.25, -0.2) is 0 Å². The minimum absolute atomic E-state index is 0.435. The van der Waals surface area contributed by atoms with Gasteiger partial charge in [0, 0.05) is 6.42 Å². The molecule has 0 saturated heterocycles. The Morgan fingerprint density at radius 3 is 2.44 bits per heavy atom. The summed E-state index contributed by atoms with van der Waals surface area (Å²) in [7, 11) is 0. The summed E-state index contributed by atoms with van der Waals surface area (Å²) in [5.41, 5.74) is -1.12. The van der Waals surface area contributed by atoms with Crippen LogP contribution >= 0.6 is 0 Å². The van der Waals surface area contributed by atoms with Crippen molar-refractivity contribution in [2.24, 2.45) is 17.8 Å². The third-order valence-corrected chi connectivity index (χ3v) is 4.87. The number of aldehydes is 1. The van der Waals surface area contributed by atoms with Gasteiger partial charge in [0.25, 0.3) is 0 Å². The van der Waals surface area contributed by atoms with Gasteiger partial charge in [-0.1, -0.05) is 0 Å². The number of carbonyl (C=O) groups excluding carboxylic acids is 2. The van der Waals surface area contributed by atoms with E-state index in [1.165, 1.54) is 0 Å². The van der Waals surface area contributed by atoms with Crippen molar-refractivity contribution < 1.29 is 19.4 Å². The van der Waals surface area contributed by atoms with Crippen molar-refractivity contribution in [3.63, 3.8) is 0 Å². The van der Waals surface area contributed by atoms with Crippen LogP contribution in [0.15, 0.2) is 0 Å². The second-order valence-electron chi connectivity index (χ2n) is 6.71. The largest absolute Gasteiger partial charge is 0.458 e. The highest BCUT2D eigenvalue weighted by Gasteiger charge is 2.59. The highest BCUT2D eigenvalue weighted by atomic mass is 16.6. The molecule has 4 heteroatoms. The molecule has 4 saturated carbocycles. The van der Waals surface area contributed by atoms with Crippen molar-refractivity contribution in [1.82, 2.24) is 0 Å². The molecule has 0 amide bonds. The Labute approximate surface area is 107 Å². The van der Waals surface area contributed by atoms with Crippen molar-refractivity contribution in [2.75, 3.05) is 0 Å². The SMILES string of the molecule is CC(C=O)C(=O)OC12CC3CC(CC(O)(C3)C1)C2. The third kappa shape index (κ3) is 1.87. The number of rotatable bonds is 3. The summed E-state index contributed by atoms with van der Waals surface area (Å²) in [4.78, 5) is 22.5. The molecule has 0 heterocycles. The number of carbonyl (C=O) groups is 2. The van der Waals surface area contributed by atoms with E-state index in [9.17, 15) is 14.7 Å². The van der Waals surface area contributed by atoms with E-state index in [4.69, 9.17) is 4.74 Å². The van der Waals surface area contributed by atoms with E-state index in [2.05, 4.69) is 0 Å². The maximum atomic E-state index is 11.8. The summed E-state index contributed by atoms with van der Waals surface area (Å²) in [6.45, 7) is 1.56. The van der Waals surface area contributed by atoms with Crippen LogP contribution in [0.5, 0.6) is 0 Å². The zero-order valence-corrected chi connectivity index (χ0v) is 10.7. The second kappa shape index (κ2) is 3.80. The Morgan fingerprint density at radius 2 is 1.94 bits per heavy atom. The van der Waals surface area contributed by atoms with Crippen LogP contribution in [0, 0.1) is 17.8 Å². The van der Waals surface area contributed by atoms with E-state index in [1.807, 2.05) is 0 Å². The molecular weight excluding hydrogens is 232 g/mol. The molecule has 0 aromatic rings. The summed E-state index contributed by atoms with van der Waals surface area (Å²) in [5.74, 6) is -0.172. The molecule has 4 aliphatic rings. The monoisotopic (exact) mass is 252 g/mol. The molecule has 0 radical (unpaired) electrons. The Bertz CT molecular complexity index is 375. The summed E-state index contributed by atoms with van der Waals surface area (Å²) in [6.07, 6.45) is 5.77. The first-order valence-electron chi connectivity index (χ1n) is 6.84. The lowest BCUT2D eigenvalue weighted by Gasteiger charge is -2.59. The molecule has 0 aromatic heterocycles. The molecule has 3 atom stereocenters. The maximum absolute atomic E-state index is 11.8. The molecule has 0 aromatic carbocycles. The Kier molecular flexibility index (Phi) is 2.56. The van der Waals surface area contributed by atoms with Crippen LogP contribution < -0.4 is 0 Å². The fourth-order valence-corrected chi connectivity index (χ4v) is 4.61. The third-order valence-electron chi connectivity index (χ3n) is 4.87. The second-order valence-corrected chi connectivity index (χ2v) is 6.71. The van der Waals surface area contributed by atoms with Crippen LogP contribution in [-0.4, -0.2) is 28.6 Å². The van der Waals surface area contributed by atoms with Gasteiger partial charge in [-0.05, 0) is 50.9 Å². The van der Waals surface area contributed by atoms with Crippen molar-refractivity contribution in [2.45, 2.75) is 56.7 Å². The van der Waals surface area contributed by atoms with E-state index < -0.39 is 23.1 Å². The van der Waals surface area contributed by atoms with Crippen LogP contribution in [0.2, 0.25) is 0 Å². The Hall–Kier alpha value is -0.900. The van der Waals surface area contributed by atoms with E-state index in [1.54, 1.807) is 6.92 Å². The predicted molar refractivity (Wildman–Crippen MR) is 63.7 cm³/mol. The molecule has 3 unspecified atom stereocenters. The van der Waals surface area contributed by atoms with Gasteiger partial charge in [0.1, 0.15) is 17.8 Å². The van der Waals surface area contributed by atoms with Gasteiger partial charge in [0.2, 0.25) is 0 Å². The number of aliphatic hydroxyl groups is 1. The number of ether oxygens (including phenoxy) is 1. The van der Waals surface area contributed by atoms with Gasteiger partial charge in [-0.15, -0.1) is 0 Å². The maximum Gasteiger partial charge on any atom is 0.316 e. The first kappa shape index (κ1) is 12.2. The normalized spacial score (nSPS) is 46.8. The van der Waals surface area contributed by atoms with Crippen molar-refractivity contribution >= 4 is 12.3 Å². The van der Waals surface area contributed by atoms with E-state index in [0.29, 0.717) is 24.5 Å². The fourth-order valence-electron chi connectivity index (χ4n) is 4.61. The molecule has 0 spiro atoms. The molecule has 4 fully saturated rings. The predicted octanol–water partition coefficient (Wildman–Crippen LogP) is 1.45. The van der Waals surface area contributed by atoms with E-state index in [-0.39, 0.29) is 0 Å². The summed E-state index contributed by atoms with van der Waals surface area (Å²) in [5, 5.41) is 10.5. The lowest BCUT2D eigenvalue weighted by atomic mass is 9.52. The standard InChI is InChI=1S/C14H20O4/c1-9(7-15)12(16)18-14-5-10-2-11(6-14)4-13(17,3-10)8-14/h7,9-11,17H,2-6,8H2,1H3. The number of hydrogen-bond donors (Lipinski definition) is 1. The first-order valence-corrected chi connectivity index (χ1v) is 6.84. The van der Waals surface area contributed by atoms with Crippen molar-refractivity contribution in [3.8, 4) is 0 Å². The van der Waals surface area contributed by atoms with Gasteiger partial charge >= 0.3 is 5.97 Å². The van der Waals surface area contributed by atoms with Crippen LogP contribution in [-0.2, 0) is 14.3 Å². The van der Waals surface area contributed by atoms with Crippen LogP contribution in [0.4, 0.5) is 0 Å². The van der Waals surface area contributed by atoms with Gasteiger partial charge < -0.3 is 14.6 Å². The number of esters is 1. The highest BCUT2D eigenvalue weighted by Crippen LogP contribution is 2.58. The Balaban J connectivity index is 1.79. The van der Waals surface area contributed by atoms with Crippen molar-refractivity contribution in [3.05, 3.63) is 0 Å². The number of hydrogen-bond acceptors (Lipinski definition) is 4. The molecular formula is C14H20O4. The zero-order chi connectivity index (χ0) is 13.0. The summed E-state index contributed by atoms with van der Waals surface area (Å²) in [6, 6.07) is 0. The first-order chi connectivity index (χ1) is 8.44. The molecule has 1 N–H and O–H groups in total. The van der Waals surface area contributed by atoms with Crippen LogP contribution in [0.25, 0.3) is 0 Å². The van der Waals surface area contributed by atoms with E-state index >= 15 is 0 Å².